The fourth-order valence-corrected chi connectivity index (χ4v) is 2.08. The van der Waals surface area contributed by atoms with Crippen molar-refractivity contribution < 1.29 is 18.4 Å². The molecule has 4 atom stereocenters. The number of nitrogens with two attached hydrogens (primary N) is 1. The highest BCUT2D eigenvalue weighted by Crippen LogP contribution is 2.15. The molecule has 0 spiro atoms. The monoisotopic (exact) mass is 335 g/mol. The Labute approximate surface area is 139 Å². The van der Waals surface area contributed by atoms with Gasteiger partial charge in [0.1, 0.15) is 6.04 Å². The van der Waals surface area contributed by atoms with Crippen LogP contribution in [0, 0.1) is 17.8 Å². The summed E-state index contributed by atoms with van der Waals surface area (Å²) in [5.41, 5.74) is 6.10. The number of nitrogens with zero attached hydrogens (tertiary/aromatic N) is 1. The minimum atomic E-state index is -2.76. The molecule has 1 heterocycles. The van der Waals surface area contributed by atoms with Crippen LogP contribution in [-0.2, 0) is 4.79 Å². The molecule has 0 saturated carbocycles. The van der Waals surface area contributed by atoms with Crippen molar-refractivity contribution in [3.8, 4) is 11.8 Å². The van der Waals surface area contributed by atoms with Crippen molar-refractivity contribution in [2.45, 2.75) is 25.4 Å². The Morgan fingerprint density at radius 3 is 2.38 bits per heavy atom. The minimum Gasteiger partial charge on any atom is -0.368 e. The van der Waals surface area contributed by atoms with E-state index in [4.69, 9.17) is 5.73 Å². The lowest BCUT2D eigenvalue weighted by Gasteiger charge is -2.21. The van der Waals surface area contributed by atoms with Crippen LogP contribution >= 0.6 is 0 Å². The predicted molar refractivity (Wildman–Crippen MR) is 85.4 cm³/mol. The van der Waals surface area contributed by atoms with E-state index in [0.29, 0.717) is 0 Å². The number of hydrogen-bond donors (Lipinski definition) is 2. The third-order valence-corrected chi connectivity index (χ3v) is 3.91. The summed E-state index contributed by atoms with van der Waals surface area (Å²) in [6.45, 7) is 2.11. The highest BCUT2D eigenvalue weighted by Gasteiger charge is 2.31. The molecule has 0 aromatic heterocycles. The molecule has 0 radical (unpaired) electrons. The molecule has 1 fully saturated rings. The molecule has 1 aliphatic heterocycles. The lowest BCUT2D eigenvalue weighted by atomic mass is 10.0. The van der Waals surface area contributed by atoms with Crippen LogP contribution < -0.4 is 11.1 Å². The zero-order valence-corrected chi connectivity index (χ0v) is 13.4. The molecular weight excluding hydrogens is 316 g/mol. The van der Waals surface area contributed by atoms with E-state index in [1.54, 1.807) is 12.1 Å². The van der Waals surface area contributed by atoms with E-state index < -0.39 is 30.2 Å². The summed E-state index contributed by atoms with van der Waals surface area (Å²) >= 11 is 0. The predicted octanol–water partition coefficient (Wildman–Crippen LogP) is 0.837. The first kappa shape index (κ1) is 17.9. The van der Waals surface area contributed by atoms with Gasteiger partial charge in [-0.2, -0.15) is 0 Å². The number of halogens is 2. The third-order valence-electron chi connectivity index (χ3n) is 3.91. The largest absolute Gasteiger partial charge is 0.368 e. The molecule has 1 aliphatic rings. The molecule has 2 rings (SSSR count). The Morgan fingerprint density at radius 2 is 1.92 bits per heavy atom. The van der Waals surface area contributed by atoms with Gasteiger partial charge in [0.25, 0.3) is 5.91 Å². The molecule has 1 aromatic carbocycles. The van der Waals surface area contributed by atoms with E-state index in [1.807, 2.05) is 7.05 Å². The summed E-state index contributed by atoms with van der Waals surface area (Å²) in [7, 11) is 1.97. The molecule has 1 saturated heterocycles. The molecular formula is C17H19F2N3O2. The van der Waals surface area contributed by atoms with Gasteiger partial charge in [-0.15, -0.1) is 0 Å². The standard InChI is InChI=1S/C17H19F2N3O2/c1-10(15(18)19)14(16(20)23)21-17(24)12-6-3-11(4-7-12)5-8-13-9-22(13)2/h3-4,6-7,10,13-15H,9H2,1-2H3,(H2,20,23)(H,21,24). The maximum atomic E-state index is 12.7. The molecule has 0 bridgehead atoms. The van der Waals surface area contributed by atoms with Crippen molar-refractivity contribution in [3.05, 3.63) is 35.4 Å². The van der Waals surface area contributed by atoms with Gasteiger partial charge in [0.05, 0.1) is 6.04 Å². The first-order valence-electron chi connectivity index (χ1n) is 7.49. The van der Waals surface area contributed by atoms with E-state index in [0.717, 1.165) is 19.0 Å². The first-order valence-corrected chi connectivity index (χ1v) is 7.49. The van der Waals surface area contributed by atoms with Crippen molar-refractivity contribution in [2.75, 3.05) is 13.6 Å². The van der Waals surface area contributed by atoms with Gasteiger partial charge in [0.2, 0.25) is 12.3 Å². The van der Waals surface area contributed by atoms with Gasteiger partial charge in [-0.05, 0) is 31.3 Å². The van der Waals surface area contributed by atoms with Gasteiger partial charge >= 0.3 is 0 Å². The SMILES string of the molecule is CC(C(F)F)C(NC(=O)c1ccc(C#CC2CN2C)cc1)C(N)=O. The summed E-state index contributed by atoms with van der Waals surface area (Å²) in [4.78, 5) is 25.5. The summed E-state index contributed by atoms with van der Waals surface area (Å²) in [5, 5.41) is 2.26. The average Bonchev–Trinajstić information content (AvgIpc) is 3.25. The van der Waals surface area contributed by atoms with E-state index in [-0.39, 0.29) is 11.6 Å². The molecule has 5 nitrogen and oxygen atoms in total. The summed E-state index contributed by atoms with van der Waals surface area (Å²) < 4.78 is 25.5. The lowest BCUT2D eigenvalue weighted by Crippen LogP contribution is -2.50. The van der Waals surface area contributed by atoms with Crippen LogP contribution in [0.3, 0.4) is 0 Å². The van der Waals surface area contributed by atoms with Crippen molar-refractivity contribution >= 4 is 11.8 Å². The summed E-state index contributed by atoms with van der Waals surface area (Å²) in [6.07, 6.45) is -2.76. The van der Waals surface area contributed by atoms with E-state index in [9.17, 15) is 18.4 Å². The summed E-state index contributed by atoms with van der Waals surface area (Å²) in [6, 6.07) is 5.24. The second-order valence-corrected chi connectivity index (χ2v) is 5.85. The molecule has 0 aliphatic carbocycles. The Hall–Kier alpha value is -2.46. The number of amides is 2. The lowest BCUT2D eigenvalue weighted by molar-refractivity contribution is -0.122. The van der Waals surface area contributed by atoms with Crippen LogP contribution in [0.25, 0.3) is 0 Å². The Bertz CT molecular complexity index is 679. The Morgan fingerprint density at radius 1 is 1.33 bits per heavy atom. The van der Waals surface area contributed by atoms with Gasteiger partial charge in [0.15, 0.2) is 0 Å². The van der Waals surface area contributed by atoms with Crippen LogP contribution in [0.5, 0.6) is 0 Å². The van der Waals surface area contributed by atoms with Crippen LogP contribution in [0.1, 0.15) is 22.8 Å². The van der Waals surface area contributed by atoms with Crippen LogP contribution in [0.4, 0.5) is 8.78 Å². The van der Waals surface area contributed by atoms with Gasteiger partial charge in [-0.3, -0.25) is 14.5 Å². The Kier molecular flexibility index (Phi) is 5.52. The average molecular weight is 335 g/mol. The Balaban J connectivity index is 2.03. The number of nitrogens with one attached hydrogen (secondary N) is 1. The van der Waals surface area contributed by atoms with E-state index in [2.05, 4.69) is 22.1 Å². The fraction of sp³-hybridized carbons (Fsp3) is 0.412. The molecule has 128 valence electrons. The van der Waals surface area contributed by atoms with Crippen molar-refractivity contribution in [1.29, 1.82) is 0 Å². The number of alkyl halides is 2. The number of benzene rings is 1. The fourth-order valence-electron chi connectivity index (χ4n) is 2.08. The van der Waals surface area contributed by atoms with Gasteiger partial charge in [-0.25, -0.2) is 8.78 Å². The minimum absolute atomic E-state index is 0.247. The highest BCUT2D eigenvalue weighted by molar-refractivity contribution is 5.97. The smallest absolute Gasteiger partial charge is 0.251 e. The zero-order valence-electron chi connectivity index (χ0n) is 13.4. The topological polar surface area (TPSA) is 75.2 Å². The normalized spacial score (nSPS) is 21.4. The molecule has 1 aromatic rings. The molecule has 4 unspecified atom stereocenters. The van der Waals surface area contributed by atoms with Gasteiger partial charge in [-0.1, -0.05) is 18.8 Å². The van der Waals surface area contributed by atoms with Crippen LogP contribution in [0.2, 0.25) is 0 Å². The zero-order chi connectivity index (χ0) is 17.9. The molecule has 2 amide bonds. The second-order valence-electron chi connectivity index (χ2n) is 5.85. The maximum absolute atomic E-state index is 12.7. The van der Waals surface area contributed by atoms with Gasteiger partial charge < -0.3 is 11.1 Å². The van der Waals surface area contributed by atoms with Crippen LogP contribution in [-0.4, -0.2) is 48.8 Å². The molecule has 7 heteroatoms. The molecule has 3 N–H and O–H groups in total. The van der Waals surface area contributed by atoms with E-state index in [1.165, 1.54) is 12.1 Å². The number of carbonyl (C=O) groups is 2. The highest BCUT2D eigenvalue weighted by atomic mass is 19.3. The number of carbonyl (C=O) groups excluding carboxylic acids is 2. The number of rotatable bonds is 5. The first-order chi connectivity index (χ1) is 11.3. The number of likely N-dealkylation sites (N-methyl/N-ethyl adjacent to an activating group) is 1. The maximum Gasteiger partial charge on any atom is 0.251 e. The number of primary amides is 1. The number of hydrogen-bond acceptors (Lipinski definition) is 3. The van der Waals surface area contributed by atoms with Gasteiger partial charge in [0, 0.05) is 23.6 Å². The van der Waals surface area contributed by atoms with Crippen molar-refractivity contribution in [2.24, 2.45) is 11.7 Å². The third kappa shape index (κ3) is 4.52. The molecule has 24 heavy (non-hydrogen) atoms. The van der Waals surface area contributed by atoms with E-state index >= 15 is 0 Å². The second kappa shape index (κ2) is 7.41. The van der Waals surface area contributed by atoms with Crippen LogP contribution in [0.15, 0.2) is 24.3 Å². The van der Waals surface area contributed by atoms with Crippen molar-refractivity contribution in [3.63, 3.8) is 0 Å². The quantitative estimate of drug-likeness (QED) is 0.618. The summed E-state index contributed by atoms with van der Waals surface area (Å²) in [5.74, 6) is 3.08. The van der Waals surface area contributed by atoms with Crippen molar-refractivity contribution in [1.82, 2.24) is 10.2 Å².